The van der Waals surface area contributed by atoms with Crippen molar-refractivity contribution in [2.45, 2.75) is 26.7 Å². The molecule has 5 nitrogen and oxygen atoms in total. The number of ether oxygens (including phenoxy) is 1. The van der Waals surface area contributed by atoms with E-state index in [1.54, 1.807) is 13.4 Å². The normalized spacial score (nSPS) is 10.8. The maximum Gasteiger partial charge on any atom is 0.137 e. The van der Waals surface area contributed by atoms with Gasteiger partial charge in [-0.15, -0.1) is 0 Å². The number of anilines is 2. The summed E-state index contributed by atoms with van der Waals surface area (Å²) >= 11 is 0. The number of rotatable bonds is 7. The monoisotopic (exact) mass is 252 g/mol. The van der Waals surface area contributed by atoms with E-state index >= 15 is 0 Å². The molecule has 1 N–H and O–H groups in total. The van der Waals surface area contributed by atoms with Gasteiger partial charge in [0.2, 0.25) is 0 Å². The predicted molar refractivity (Wildman–Crippen MR) is 75.4 cm³/mol. The van der Waals surface area contributed by atoms with E-state index in [0.717, 1.165) is 30.3 Å². The van der Waals surface area contributed by atoms with Crippen molar-refractivity contribution in [2.24, 2.45) is 0 Å². The SMILES string of the molecule is CCNc1ncnc(N(C)CCOC)c1C(C)C. The molecule has 0 radical (unpaired) electrons. The summed E-state index contributed by atoms with van der Waals surface area (Å²) in [6.07, 6.45) is 1.61. The quantitative estimate of drug-likeness (QED) is 0.805. The van der Waals surface area contributed by atoms with Crippen LogP contribution in [0.3, 0.4) is 0 Å². The highest BCUT2D eigenvalue weighted by Gasteiger charge is 2.17. The van der Waals surface area contributed by atoms with E-state index < -0.39 is 0 Å². The van der Waals surface area contributed by atoms with Crippen LogP contribution in [0.2, 0.25) is 0 Å². The Kier molecular flexibility index (Phi) is 5.85. The first-order valence-corrected chi connectivity index (χ1v) is 6.40. The summed E-state index contributed by atoms with van der Waals surface area (Å²) < 4.78 is 5.11. The molecule has 1 aromatic heterocycles. The van der Waals surface area contributed by atoms with Gasteiger partial charge in [0.15, 0.2) is 0 Å². The number of hydrogen-bond acceptors (Lipinski definition) is 5. The average Bonchev–Trinajstić information content (AvgIpc) is 2.35. The average molecular weight is 252 g/mol. The second-order valence-electron chi connectivity index (χ2n) is 4.56. The minimum absolute atomic E-state index is 0.375. The zero-order chi connectivity index (χ0) is 13.5. The number of hydrogen-bond donors (Lipinski definition) is 1. The first kappa shape index (κ1) is 14.7. The zero-order valence-electron chi connectivity index (χ0n) is 12.0. The molecule has 0 aliphatic rings. The topological polar surface area (TPSA) is 50.3 Å². The van der Waals surface area contributed by atoms with Crippen LogP contribution < -0.4 is 10.2 Å². The molecule has 1 rings (SSSR count). The van der Waals surface area contributed by atoms with Gasteiger partial charge in [-0.05, 0) is 12.8 Å². The Morgan fingerprint density at radius 3 is 2.67 bits per heavy atom. The van der Waals surface area contributed by atoms with Gasteiger partial charge in [0, 0.05) is 32.8 Å². The molecular weight excluding hydrogens is 228 g/mol. The molecule has 0 aromatic carbocycles. The van der Waals surface area contributed by atoms with Crippen LogP contribution in [0, 0.1) is 0 Å². The molecular formula is C13H24N4O. The van der Waals surface area contributed by atoms with Gasteiger partial charge in [0.05, 0.1) is 6.61 Å². The summed E-state index contributed by atoms with van der Waals surface area (Å²) in [4.78, 5) is 10.9. The third kappa shape index (κ3) is 3.57. The molecule has 1 aromatic rings. The first-order valence-electron chi connectivity index (χ1n) is 6.40. The number of likely N-dealkylation sites (N-methyl/N-ethyl adjacent to an activating group) is 1. The van der Waals surface area contributed by atoms with Crippen molar-refractivity contribution in [3.8, 4) is 0 Å². The van der Waals surface area contributed by atoms with Gasteiger partial charge in [-0.3, -0.25) is 0 Å². The Morgan fingerprint density at radius 1 is 1.39 bits per heavy atom. The highest BCUT2D eigenvalue weighted by atomic mass is 16.5. The Labute approximate surface area is 110 Å². The molecule has 5 heteroatoms. The van der Waals surface area contributed by atoms with Crippen molar-refractivity contribution < 1.29 is 4.74 Å². The zero-order valence-corrected chi connectivity index (χ0v) is 12.0. The molecule has 102 valence electrons. The molecule has 0 saturated carbocycles. The Hall–Kier alpha value is -1.36. The van der Waals surface area contributed by atoms with Gasteiger partial charge in [0.1, 0.15) is 18.0 Å². The molecule has 0 saturated heterocycles. The predicted octanol–water partition coefficient (Wildman–Crippen LogP) is 2.11. The molecule has 0 fully saturated rings. The minimum atomic E-state index is 0.375. The second kappa shape index (κ2) is 7.16. The largest absolute Gasteiger partial charge is 0.383 e. The van der Waals surface area contributed by atoms with Crippen LogP contribution in [0.4, 0.5) is 11.6 Å². The number of nitrogens with zero attached hydrogens (tertiary/aromatic N) is 3. The highest BCUT2D eigenvalue weighted by molar-refractivity contribution is 5.60. The van der Waals surface area contributed by atoms with Gasteiger partial charge < -0.3 is 15.0 Å². The molecule has 0 spiro atoms. The lowest BCUT2D eigenvalue weighted by atomic mass is 10.0. The summed E-state index contributed by atoms with van der Waals surface area (Å²) in [5.74, 6) is 2.29. The van der Waals surface area contributed by atoms with Gasteiger partial charge >= 0.3 is 0 Å². The van der Waals surface area contributed by atoms with Crippen LogP contribution in [-0.4, -0.2) is 43.8 Å². The van der Waals surface area contributed by atoms with E-state index in [0.29, 0.717) is 12.5 Å². The molecule has 0 amide bonds. The summed E-state index contributed by atoms with van der Waals surface area (Å²) in [5.41, 5.74) is 1.16. The maximum atomic E-state index is 5.11. The number of aromatic nitrogens is 2. The Bertz CT molecular complexity index is 368. The fourth-order valence-electron chi connectivity index (χ4n) is 1.86. The summed E-state index contributed by atoms with van der Waals surface area (Å²) in [6, 6.07) is 0. The Balaban J connectivity index is 3.05. The number of methoxy groups -OCH3 is 1. The summed E-state index contributed by atoms with van der Waals surface area (Å²) in [6.45, 7) is 8.76. The van der Waals surface area contributed by atoms with Crippen LogP contribution in [0.15, 0.2) is 6.33 Å². The summed E-state index contributed by atoms with van der Waals surface area (Å²) in [5, 5.41) is 3.30. The molecule has 18 heavy (non-hydrogen) atoms. The second-order valence-corrected chi connectivity index (χ2v) is 4.56. The van der Waals surface area contributed by atoms with Crippen molar-refractivity contribution >= 4 is 11.6 Å². The fraction of sp³-hybridized carbons (Fsp3) is 0.692. The van der Waals surface area contributed by atoms with Crippen LogP contribution in [0.25, 0.3) is 0 Å². The summed E-state index contributed by atoms with van der Waals surface area (Å²) in [7, 11) is 3.74. The van der Waals surface area contributed by atoms with Gasteiger partial charge in [-0.2, -0.15) is 0 Å². The third-order valence-electron chi connectivity index (χ3n) is 2.78. The van der Waals surface area contributed by atoms with Gasteiger partial charge in [-0.1, -0.05) is 13.8 Å². The van der Waals surface area contributed by atoms with Crippen molar-refractivity contribution in [3.05, 3.63) is 11.9 Å². The Morgan fingerprint density at radius 2 is 2.11 bits per heavy atom. The molecule has 0 aliphatic carbocycles. The maximum absolute atomic E-state index is 5.11. The number of nitrogens with one attached hydrogen (secondary N) is 1. The van der Waals surface area contributed by atoms with E-state index in [4.69, 9.17) is 4.74 Å². The highest BCUT2D eigenvalue weighted by Crippen LogP contribution is 2.29. The van der Waals surface area contributed by atoms with Crippen molar-refractivity contribution in [2.75, 3.05) is 44.1 Å². The van der Waals surface area contributed by atoms with E-state index in [1.165, 1.54) is 0 Å². The lowest BCUT2D eigenvalue weighted by Gasteiger charge is -2.24. The lowest BCUT2D eigenvalue weighted by Crippen LogP contribution is -2.25. The molecule has 0 atom stereocenters. The van der Waals surface area contributed by atoms with Crippen LogP contribution in [0.5, 0.6) is 0 Å². The smallest absolute Gasteiger partial charge is 0.137 e. The van der Waals surface area contributed by atoms with E-state index in [-0.39, 0.29) is 0 Å². The van der Waals surface area contributed by atoms with E-state index in [9.17, 15) is 0 Å². The molecule has 1 heterocycles. The third-order valence-corrected chi connectivity index (χ3v) is 2.78. The molecule has 0 aliphatic heterocycles. The van der Waals surface area contributed by atoms with Crippen molar-refractivity contribution in [1.82, 2.24) is 9.97 Å². The van der Waals surface area contributed by atoms with Crippen LogP contribution in [0.1, 0.15) is 32.3 Å². The first-order chi connectivity index (χ1) is 8.61. The van der Waals surface area contributed by atoms with E-state index in [2.05, 4.69) is 41.0 Å². The van der Waals surface area contributed by atoms with Crippen molar-refractivity contribution in [1.29, 1.82) is 0 Å². The van der Waals surface area contributed by atoms with E-state index in [1.807, 2.05) is 7.05 Å². The van der Waals surface area contributed by atoms with Crippen LogP contribution >= 0.6 is 0 Å². The van der Waals surface area contributed by atoms with Crippen LogP contribution in [-0.2, 0) is 4.74 Å². The lowest BCUT2D eigenvalue weighted by molar-refractivity contribution is 0.206. The minimum Gasteiger partial charge on any atom is -0.383 e. The van der Waals surface area contributed by atoms with Crippen molar-refractivity contribution in [3.63, 3.8) is 0 Å². The molecule has 0 bridgehead atoms. The fourth-order valence-corrected chi connectivity index (χ4v) is 1.86. The van der Waals surface area contributed by atoms with Gasteiger partial charge in [-0.25, -0.2) is 9.97 Å². The molecule has 0 unspecified atom stereocenters. The standard InChI is InChI=1S/C13H24N4O/c1-6-14-12-11(10(2)3)13(16-9-15-12)17(4)7-8-18-5/h9-10H,6-8H2,1-5H3,(H,14,15,16). The van der Waals surface area contributed by atoms with Gasteiger partial charge in [0.25, 0.3) is 0 Å².